The molecule has 1 aliphatic heterocycles. The number of anilines is 1. The third-order valence-corrected chi connectivity index (χ3v) is 14.0. The summed E-state index contributed by atoms with van der Waals surface area (Å²) < 4.78 is 62.4. The fourth-order valence-electron chi connectivity index (χ4n) is 6.37. The van der Waals surface area contributed by atoms with Gasteiger partial charge in [-0.15, -0.1) is 0 Å². The molecule has 0 aliphatic carbocycles. The van der Waals surface area contributed by atoms with E-state index in [4.69, 9.17) is 19.5 Å². The minimum absolute atomic E-state index is 0.00338. The molecule has 25 nitrogen and oxygen atoms in total. The second-order valence-corrected chi connectivity index (χ2v) is 21.5. The summed E-state index contributed by atoms with van der Waals surface area (Å²) in [6, 6.07) is 0. The number of ether oxygens (including phenoxy) is 1. The Morgan fingerprint density at radius 2 is 1.67 bits per heavy atom. The quantitative estimate of drug-likeness (QED) is 0.0286. The molecule has 0 saturated carbocycles. The van der Waals surface area contributed by atoms with Crippen LogP contribution >= 0.6 is 35.2 Å². The Morgan fingerprint density at radius 3 is 2.38 bits per heavy atom. The van der Waals surface area contributed by atoms with E-state index in [1.807, 2.05) is 12.2 Å². The zero-order valence-electron chi connectivity index (χ0n) is 37.0. The molecule has 1 fully saturated rings. The highest BCUT2D eigenvalue weighted by Crippen LogP contribution is 2.61. The molecule has 2 amide bonds. The zero-order valence-corrected chi connectivity index (χ0v) is 40.5. The molecular formula is C37H64N7O18P3S. The van der Waals surface area contributed by atoms with Gasteiger partial charge in [-0.1, -0.05) is 76.8 Å². The summed E-state index contributed by atoms with van der Waals surface area (Å²) in [6.07, 6.45) is 6.80. The van der Waals surface area contributed by atoms with E-state index >= 15 is 0 Å². The number of aliphatic hydroxyl groups excluding tert-OH is 3. The molecule has 1 saturated heterocycles. The maximum absolute atomic E-state index is 12.7. The van der Waals surface area contributed by atoms with Gasteiger partial charge in [0.25, 0.3) is 0 Å². The van der Waals surface area contributed by atoms with Crippen molar-refractivity contribution in [2.75, 3.05) is 37.8 Å². The van der Waals surface area contributed by atoms with Crippen LogP contribution in [0, 0.1) is 5.41 Å². The van der Waals surface area contributed by atoms with Gasteiger partial charge in [-0.2, -0.15) is 4.31 Å². The molecule has 0 aromatic carbocycles. The van der Waals surface area contributed by atoms with Crippen molar-refractivity contribution in [1.29, 1.82) is 0 Å². The van der Waals surface area contributed by atoms with Crippen LogP contribution in [0.4, 0.5) is 5.82 Å². The Kier molecular flexibility index (Phi) is 23.9. The number of nitrogens with zero attached hydrogens (tertiary/aromatic N) is 4. The number of hydrogen-bond acceptors (Lipinski definition) is 19. The van der Waals surface area contributed by atoms with Crippen molar-refractivity contribution in [2.24, 2.45) is 5.41 Å². The second kappa shape index (κ2) is 27.4. The fraction of sp³-hybridized carbons (Fsp3) is 0.730. The summed E-state index contributed by atoms with van der Waals surface area (Å²) in [5.41, 5.74) is 4.26. The second-order valence-electron chi connectivity index (χ2n) is 16.1. The molecule has 8 unspecified atom stereocenters. The van der Waals surface area contributed by atoms with E-state index in [0.717, 1.165) is 67.5 Å². The Labute approximate surface area is 386 Å². The number of phosphoric ester groups is 3. The summed E-state index contributed by atoms with van der Waals surface area (Å²) in [5.74, 6) is -1.11. The minimum Gasteiger partial charge on any atom is -0.393 e. The number of fused-ring (bicyclic) bond motifs is 1. The fourth-order valence-corrected chi connectivity index (χ4v) is 9.92. The molecule has 66 heavy (non-hydrogen) atoms. The van der Waals surface area contributed by atoms with Crippen LogP contribution in [-0.2, 0) is 50.7 Å². The summed E-state index contributed by atoms with van der Waals surface area (Å²) in [7, 11) is -16.4. The highest BCUT2D eigenvalue weighted by atomic mass is 32.2. The Balaban J connectivity index is 1.33. The smallest absolute Gasteiger partial charge is 0.393 e. The third kappa shape index (κ3) is 20.5. The van der Waals surface area contributed by atoms with Crippen LogP contribution in [0.15, 0.2) is 24.8 Å². The maximum atomic E-state index is 12.7. The van der Waals surface area contributed by atoms with Crippen LogP contribution in [0.5, 0.6) is 0 Å². The molecule has 2 aromatic rings. The first kappa shape index (κ1) is 57.6. The number of amides is 2. The van der Waals surface area contributed by atoms with Crippen LogP contribution in [0.25, 0.3) is 11.2 Å². The molecule has 0 radical (unpaired) electrons. The first-order chi connectivity index (χ1) is 30.9. The molecule has 3 heterocycles. The third-order valence-electron chi connectivity index (χ3n) is 9.98. The van der Waals surface area contributed by atoms with E-state index in [2.05, 4.69) is 41.3 Å². The van der Waals surface area contributed by atoms with Gasteiger partial charge in [0.15, 0.2) is 22.8 Å². The summed E-state index contributed by atoms with van der Waals surface area (Å²) in [5, 5.41) is 36.6. The topological polar surface area (TPSA) is 384 Å². The van der Waals surface area contributed by atoms with Gasteiger partial charge >= 0.3 is 23.5 Å². The van der Waals surface area contributed by atoms with E-state index in [9.17, 15) is 63.0 Å². The average molecular weight is 1020 g/mol. The largest absolute Gasteiger partial charge is 0.481 e. The normalized spacial score (nSPS) is 20.8. The van der Waals surface area contributed by atoms with Gasteiger partial charge in [0.05, 0.1) is 25.6 Å². The number of thioether (sulfide) groups is 1. The Bertz CT molecular complexity index is 2040. The number of aliphatic hydroxyl groups is 3. The van der Waals surface area contributed by atoms with Gasteiger partial charge in [-0.3, -0.25) is 32.5 Å². The molecule has 2 aromatic heterocycles. The van der Waals surface area contributed by atoms with E-state index in [-0.39, 0.29) is 47.7 Å². The van der Waals surface area contributed by atoms with E-state index in [0.29, 0.717) is 18.6 Å². The zero-order chi connectivity index (χ0) is 49.1. The maximum Gasteiger partial charge on any atom is 0.481 e. The first-order valence-corrected chi connectivity index (χ1v) is 26.8. The number of nitrogens with one attached hydrogen (secondary N) is 2. The first-order valence-electron chi connectivity index (χ1n) is 21.3. The molecule has 29 heteroatoms. The predicted octanol–water partition coefficient (Wildman–Crippen LogP) is 2.89. The molecule has 1 aliphatic rings. The minimum atomic E-state index is -5.58. The van der Waals surface area contributed by atoms with Crippen LogP contribution in [0.2, 0.25) is 0 Å². The van der Waals surface area contributed by atoms with Crippen molar-refractivity contribution in [3.8, 4) is 0 Å². The number of imidazole rings is 1. The van der Waals surface area contributed by atoms with Crippen LogP contribution in [-0.4, -0.2) is 134 Å². The van der Waals surface area contributed by atoms with Crippen molar-refractivity contribution < 1.29 is 85.6 Å². The van der Waals surface area contributed by atoms with Crippen molar-refractivity contribution in [1.82, 2.24) is 30.2 Å². The number of nitrogens with two attached hydrogens (primary N) is 1. The van der Waals surface area contributed by atoms with Gasteiger partial charge in [-0.05, 0) is 32.1 Å². The number of hydrogen-bond donors (Lipinski definition) is 10. The van der Waals surface area contributed by atoms with Crippen LogP contribution in [0.1, 0.15) is 104 Å². The number of aromatic nitrogens is 4. The summed E-state index contributed by atoms with van der Waals surface area (Å²) >= 11 is 1.10. The van der Waals surface area contributed by atoms with Crippen molar-refractivity contribution in [2.45, 2.75) is 135 Å². The standard InChI is InChI=1S/C37H64N7O18P3S/c1-4-5-6-8-11-14-25(45)15-12-9-7-10-13-16-28(47)66-20-19-39-27(46)17-18-40-35(50)32(49)37(2,3)22-59-65(56,57)62-64(54,55)58-21-26-31(61-63(51,52)53)30(48)36(60-26)44-24-43-29-33(38)41-23-42-34(29)44/h9,12,23-26,30-32,36,45,48-49H,4-8,10-11,13-22H2,1-3H3,(H,39,46)(H,40,50)(H,54,55)(H,56,57)(H2,38,41,42)(H2,51,52,53)/b12-9+. The summed E-state index contributed by atoms with van der Waals surface area (Å²) in [6.45, 7) is 2.65. The van der Waals surface area contributed by atoms with Gasteiger partial charge in [-0.25, -0.2) is 28.6 Å². The number of rotatable bonds is 32. The van der Waals surface area contributed by atoms with E-state index in [1.54, 1.807) is 0 Å². The van der Waals surface area contributed by atoms with Crippen molar-refractivity contribution in [3.63, 3.8) is 0 Å². The monoisotopic (exact) mass is 1020 g/mol. The van der Waals surface area contributed by atoms with E-state index in [1.165, 1.54) is 33.1 Å². The molecule has 0 bridgehead atoms. The number of phosphoric acid groups is 3. The molecule has 3 rings (SSSR count). The highest BCUT2D eigenvalue weighted by Gasteiger charge is 2.50. The number of nitrogen functional groups attached to an aromatic ring is 1. The Hall–Kier alpha value is -2.74. The Morgan fingerprint density at radius 1 is 0.955 bits per heavy atom. The van der Waals surface area contributed by atoms with Crippen molar-refractivity contribution in [3.05, 3.63) is 24.8 Å². The van der Waals surface area contributed by atoms with Gasteiger partial charge in [0, 0.05) is 37.1 Å². The molecule has 11 N–H and O–H groups in total. The summed E-state index contributed by atoms with van der Waals surface area (Å²) in [4.78, 5) is 88.2. The number of allylic oxidation sites excluding steroid dienone is 1. The highest BCUT2D eigenvalue weighted by molar-refractivity contribution is 8.13. The van der Waals surface area contributed by atoms with Crippen molar-refractivity contribution >= 4 is 69.1 Å². The number of carbonyl (C=O) groups is 3. The van der Waals surface area contributed by atoms with Gasteiger partial charge in [0.1, 0.15) is 36.3 Å². The molecule has 0 spiro atoms. The average Bonchev–Trinajstić information content (AvgIpc) is 3.80. The predicted molar refractivity (Wildman–Crippen MR) is 239 cm³/mol. The lowest BCUT2D eigenvalue weighted by Crippen LogP contribution is -2.46. The SMILES string of the molecule is CCCCCCCC(O)C/C=C/CCCCC(=O)SCCNC(=O)CCNC(=O)C(O)C(C)(C)COP(=O)(O)OP(=O)(O)OCC1OC(n2cnc3c(N)ncnc32)C(O)C1OP(=O)(O)O. The lowest BCUT2D eigenvalue weighted by atomic mass is 9.87. The van der Waals surface area contributed by atoms with Crippen LogP contribution in [0.3, 0.4) is 0 Å². The lowest BCUT2D eigenvalue weighted by Gasteiger charge is -2.30. The van der Waals surface area contributed by atoms with Gasteiger partial charge < -0.3 is 56.0 Å². The van der Waals surface area contributed by atoms with E-state index < -0.39 is 84.6 Å². The number of unbranched alkanes of at least 4 members (excludes halogenated alkanes) is 6. The van der Waals surface area contributed by atoms with Gasteiger partial charge in [0.2, 0.25) is 11.8 Å². The molecule has 376 valence electrons. The number of carbonyl (C=O) groups excluding carboxylic acids is 3. The van der Waals surface area contributed by atoms with Crippen LogP contribution < -0.4 is 16.4 Å². The molecule has 8 atom stereocenters. The lowest BCUT2D eigenvalue weighted by molar-refractivity contribution is -0.137. The molecular weight excluding hydrogens is 955 g/mol.